The van der Waals surface area contributed by atoms with Crippen LogP contribution in [0.25, 0.3) is 0 Å². The molecule has 132 valence electrons. The molecule has 2 amide bonds. The topological polar surface area (TPSA) is 74.3 Å². The van der Waals surface area contributed by atoms with E-state index in [9.17, 15) is 9.59 Å². The first kappa shape index (κ1) is 17.4. The molecule has 1 aliphatic rings. The van der Waals surface area contributed by atoms with E-state index < -0.39 is 0 Å². The molecule has 7 heteroatoms. The van der Waals surface area contributed by atoms with Gasteiger partial charge in [0.25, 0.3) is 0 Å². The van der Waals surface area contributed by atoms with Gasteiger partial charge in [0.15, 0.2) is 5.13 Å². The van der Waals surface area contributed by atoms with Gasteiger partial charge in [0.05, 0.1) is 6.42 Å². The average Bonchev–Trinajstić information content (AvgIpc) is 3.25. The van der Waals surface area contributed by atoms with Crippen molar-refractivity contribution in [1.82, 2.24) is 10.3 Å². The summed E-state index contributed by atoms with van der Waals surface area (Å²) in [5.41, 5.74) is 1.66. The van der Waals surface area contributed by atoms with E-state index in [1.165, 1.54) is 6.92 Å². The van der Waals surface area contributed by atoms with E-state index in [1.54, 1.807) is 11.3 Å². The molecule has 1 aromatic heterocycles. The summed E-state index contributed by atoms with van der Waals surface area (Å²) in [6.45, 7) is 3.11. The van der Waals surface area contributed by atoms with Crippen LogP contribution in [-0.4, -0.2) is 35.9 Å². The third kappa shape index (κ3) is 4.79. The average molecular weight is 358 g/mol. The second-order valence-electron chi connectivity index (χ2n) is 6.16. The zero-order chi connectivity index (χ0) is 17.6. The fraction of sp³-hybridized carbons (Fsp3) is 0.389. The van der Waals surface area contributed by atoms with Crippen molar-refractivity contribution in [1.29, 1.82) is 0 Å². The van der Waals surface area contributed by atoms with E-state index >= 15 is 0 Å². The lowest BCUT2D eigenvalue weighted by molar-refractivity contribution is -0.120. The van der Waals surface area contributed by atoms with Gasteiger partial charge in [-0.15, -0.1) is 11.3 Å². The quantitative estimate of drug-likeness (QED) is 0.832. The summed E-state index contributed by atoms with van der Waals surface area (Å²) in [4.78, 5) is 29.9. The molecule has 0 radical (unpaired) electrons. The Morgan fingerprint density at radius 1 is 1.32 bits per heavy atom. The number of carbonyl (C=O) groups excluding carboxylic acids is 2. The largest absolute Gasteiger partial charge is 0.354 e. The molecule has 0 bridgehead atoms. The van der Waals surface area contributed by atoms with Crippen molar-refractivity contribution >= 4 is 34.0 Å². The monoisotopic (exact) mass is 358 g/mol. The van der Waals surface area contributed by atoms with Crippen molar-refractivity contribution in [2.24, 2.45) is 0 Å². The maximum atomic E-state index is 12.2. The Hall–Kier alpha value is -2.41. The van der Waals surface area contributed by atoms with Crippen molar-refractivity contribution in [3.05, 3.63) is 41.4 Å². The van der Waals surface area contributed by atoms with Gasteiger partial charge in [-0.25, -0.2) is 4.98 Å². The second-order valence-corrected chi connectivity index (χ2v) is 7.04. The summed E-state index contributed by atoms with van der Waals surface area (Å²) in [5, 5.41) is 8.77. The van der Waals surface area contributed by atoms with E-state index in [1.807, 2.05) is 35.8 Å². The molecule has 1 unspecified atom stereocenters. The number of anilines is 2. The lowest BCUT2D eigenvalue weighted by Gasteiger charge is -2.24. The molecule has 0 aliphatic carbocycles. The summed E-state index contributed by atoms with van der Waals surface area (Å²) in [5.74, 6) is -0.0925. The molecule has 25 heavy (non-hydrogen) atoms. The fourth-order valence-corrected chi connectivity index (χ4v) is 3.79. The van der Waals surface area contributed by atoms with Crippen molar-refractivity contribution in [3.63, 3.8) is 0 Å². The van der Waals surface area contributed by atoms with Gasteiger partial charge in [0, 0.05) is 43.3 Å². The third-order valence-electron chi connectivity index (χ3n) is 4.22. The zero-order valence-corrected chi connectivity index (χ0v) is 15.0. The van der Waals surface area contributed by atoms with Gasteiger partial charge < -0.3 is 15.5 Å². The van der Waals surface area contributed by atoms with E-state index in [-0.39, 0.29) is 11.8 Å². The van der Waals surface area contributed by atoms with E-state index in [4.69, 9.17) is 0 Å². The Morgan fingerprint density at radius 2 is 2.12 bits per heavy atom. The molecule has 0 saturated carbocycles. The normalized spacial score (nSPS) is 16.7. The highest BCUT2D eigenvalue weighted by molar-refractivity contribution is 7.13. The Labute approximate surface area is 151 Å². The lowest BCUT2D eigenvalue weighted by Crippen LogP contribution is -2.40. The van der Waals surface area contributed by atoms with Crippen LogP contribution in [0.1, 0.15) is 25.3 Å². The van der Waals surface area contributed by atoms with Gasteiger partial charge in [-0.05, 0) is 30.5 Å². The van der Waals surface area contributed by atoms with E-state index in [0.29, 0.717) is 19.0 Å². The van der Waals surface area contributed by atoms with Crippen LogP contribution >= 0.6 is 11.3 Å². The Bertz CT molecular complexity index is 715. The van der Waals surface area contributed by atoms with Crippen molar-refractivity contribution in [2.45, 2.75) is 32.2 Å². The SMILES string of the molecule is CC(=O)Nc1ccc(CC(=O)NCC2CCCN2c2nccs2)cc1. The summed E-state index contributed by atoms with van der Waals surface area (Å²) < 4.78 is 0. The Morgan fingerprint density at radius 3 is 2.80 bits per heavy atom. The first-order valence-electron chi connectivity index (χ1n) is 8.41. The van der Waals surface area contributed by atoms with Gasteiger partial charge in [-0.2, -0.15) is 0 Å². The smallest absolute Gasteiger partial charge is 0.224 e. The number of thiazole rings is 1. The predicted molar refractivity (Wildman–Crippen MR) is 99.9 cm³/mol. The molecule has 1 aliphatic heterocycles. The molecule has 6 nitrogen and oxygen atoms in total. The van der Waals surface area contributed by atoms with Crippen molar-refractivity contribution in [3.8, 4) is 0 Å². The molecular formula is C18H22N4O2S. The molecule has 0 spiro atoms. The van der Waals surface area contributed by atoms with Crippen LogP contribution in [-0.2, 0) is 16.0 Å². The van der Waals surface area contributed by atoms with Gasteiger partial charge in [-0.1, -0.05) is 12.1 Å². The molecule has 2 heterocycles. The molecule has 1 aromatic carbocycles. The van der Waals surface area contributed by atoms with Gasteiger partial charge in [-0.3, -0.25) is 9.59 Å². The standard InChI is InChI=1S/C18H22N4O2S/c1-13(23)21-15-6-4-14(5-7-15)11-17(24)20-12-16-3-2-9-22(16)18-19-8-10-25-18/h4-8,10,16H,2-3,9,11-12H2,1H3,(H,20,24)(H,21,23). The van der Waals surface area contributed by atoms with Crippen molar-refractivity contribution < 1.29 is 9.59 Å². The maximum Gasteiger partial charge on any atom is 0.224 e. The number of benzene rings is 1. The zero-order valence-electron chi connectivity index (χ0n) is 14.2. The minimum Gasteiger partial charge on any atom is -0.354 e. The number of hydrogen-bond donors (Lipinski definition) is 2. The molecule has 3 rings (SSSR count). The van der Waals surface area contributed by atoms with Crippen LogP contribution in [0.5, 0.6) is 0 Å². The first-order valence-corrected chi connectivity index (χ1v) is 9.29. The predicted octanol–water partition coefficient (Wildman–Crippen LogP) is 2.43. The van der Waals surface area contributed by atoms with Gasteiger partial charge in [0.2, 0.25) is 11.8 Å². The minimum atomic E-state index is -0.105. The highest BCUT2D eigenvalue weighted by Gasteiger charge is 2.26. The number of amides is 2. The maximum absolute atomic E-state index is 12.2. The van der Waals surface area contributed by atoms with Crippen LogP contribution in [0.2, 0.25) is 0 Å². The second kappa shape index (κ2) is 8.11. The summed E-state index contributed by atoms with van der Waals surface area (Å²) in [6, 6.07) is 7.67. The van der Waals surface area contributed by atoms with Crippen LogP contribution in [0, 0.1) is 0 Å². The molecule has 1 saturated heterocycles. The van der Waals surface area contributed by atoms with Crippen LogP contribution in [0.3, 0.4) is 0 Å². The summed E-state index contributed by atoms with van der Waals surface area (Å²) in [7, 11) is 0. The fourth-order valence-electron chi connectivity index (χ4n) is 3.05. The number of nitrogens with one attached hydrogen (secondary N) is 2. The van der Waals surface area contributed by atoms with Crippen molar-refractivity contribution in [2.75, 3.05) is 23.3 Å². The highest BCUT2D eigenvalue weighted by atomic mass is 32.1. The Kier molecular flexibility index (Phi) is 5.65. The van der Waals surface area contributed by atoms with E-state index in [2.05, 4.69) is 20.5 Å². The van der Waals surface area contributed by atoms with Crippen LogP contribution in [0.4, 0.5) is 10.8 Å². The molecular weight excluding hydrogens is 336 g/mol. The van der Waals surface area contributed by atoms with Gasteiger partial charge >= 0.3 is 0 Å². The lowest BCUT2D eigenvalue weighted by atomic mass is 10.1. The minimum absolute atomic E-state index is 0.0123. The molecule has 2 aromatic rings. The summed E-state index contributed by atoms with van der Waals surface area (Å²) >= 11 is 1.64. The summed E-state index contributed by atoms with van der Waals surface area (Å²) in [6.07, 6.45) is 4.36. The first-order chi connectivity index (χ1) is 12.1. The number of carbonyl (C=O) groups is 2. The number of aromatic nitrogens is 1. The molecule has 2 N–H and O–H groups in total. The number of nitrogens with zero attached hydrogens (tertiary/aromatic N) is 2. The van der Waals surface area contributed by atoms with Crippen LogP contribution < -0.4 is 15.5 Å². The number of hydrogen-bond acceptors (Lipinski definition) is 5. The number of rotatable bonds is 6. The molecule has 1 atom stereocenters. The highest BCUT2D eigenvalue weighted by Crippen LogP contribution is 2.26. The molecule has 1 fully saturated rings. The van der Waals surface area contributed by atoms with Gasteiger partial charge in [0.1, 0.15) is 0 Å². The van der Waals surface area contributed by atoms with E-state index in [0.717, 1.165) is 35.8 Å². The third-order valence-corrected chi connectivity index (χ3v) is 5.02. The van der Waals surface area contributed by atoms with Crippen LogP contribution in [0.15, 0.2) is 35.8 Å². The Balaban J connectivity index is 1.48.